The van der Waals surface area contributed by atoms with Crippen molar-refractivity contribution in [3.8, 4) is 0 Å². The van der Waals surface area contributed by atoms with Crippen molar-refractivity contribution in [2.75, 3.05) is 6.61 Å². The fourth-order valence-corrected chi connectivity index (χ4v) is 0.739. The van der Waals surface area contributed by atoms with Crippen molar-refractivity contribution in [2.24, 2.45) is 0 Å². The Kier molecular flexibility index (Phi) is 6.54. The molecule has 0 radical (unpaired) electrons. The monoisotopic (exact) mass is 190 g/mol. The summed E-state index contributed by atoms with van der Waals surface area (Å²) in [6, 6.07) is 0. The molecule has 0 fully saturated rings. The molecule has 0 aromatic rings. The van der Waals surface area contributed by atoms with E-state index in [0.717, 1.165) is 0 Å². The molecule has 0 saturated carbocycles. The Bertz CT molecular complexity index is 145. The largest absolute Gasteiger partial charge is 0.466 e. The second-order valence-corrected chi connectivity index (χ2v) is 3.12. The third kappa shape index (κ3) is 7.74. The number of esters is 1. The summed E-state index contributed by atoms with van der Waals surface area (Å²) < 4.78 is 4.77. The molecule has 4 nitrogen and oxygen atoms in total. The van der Waals surface area contributed by atoms with Crippen LogP contribution in [0.2, 0.25) is 0 Å². The fourth-order valence-electron chi connectivity index (χ4n) is 0.739. The lowest BCUT2D eigenvalue weighted by Gasteiger charge is -2.08. The Morgan fingerprint density at radius 2 is 2.08 bits per heavy atom. The van der Waals surface area contributed by atoms with Crippen LogP contribution >= 0.6 is 0 Å². The lowest BCUT2D eigenvalue weighted by molar-refractivity contribution is -0.146. The molecule has 0 saturated heterocycles. The van der Waals surface area contributed by atoms with Gasteiger partial charge in [0.2, 0.25) is 0 Å². The lowest BCUT2D eigenvalue weighted by atomic mass is 10.2. The second kappa shape index (κ2) is 6.86. The number of carbonyl (C=O) groups is 1. The minimum atomic E-state index is -0.612. The molecule has 0 aliphatic rings. The number of aliphatic hydroxyl groups is 2. The van der Waals surface area contributed by atoms with E-state index in [1.165, 1.54) is 0 Å². The van der Waals surface area contributed by atoms with Gasteiger partial charge in [-0.25, -0.2) is 0 Å². The molecule has 0 aliphatic carbocycles. The van der Waals surface area contributed by atoms with Crippen molar-refractivity contribution in [1.29, 1.82) is 0 Å². The number of carbonyl (C=O) groups excluding carboxylic acids is 1. The van der Waals surface area contributed by atoms with Gasteiger partial charge >= 0.3 is 5.97 Å². The standard InChI is InChI=1S/C9H18O4/c1-3-8(11)6-9(12)13-5-4-7(2)10/h7-8,10-11H,3-6H2,1-2H3. The van der Waals surface area contributed by atoms with Crippen molar-refractivity contribution in [3.63, 3.8) is 0 Å². The van der Waals surface area contributed by atoms with Gasteiger partial charge in [0, 0.05) is 6.42 Å². The van der Waals surface area contributed by atoms with E-state index in [2.05, 4.69) is 0 Å². The topological polar surface area (TPSA) is 66.8 Å². The summed E-state index contributed by atoms with van der Waals surface area (Å²) in [5, 5.41) is 17.9. The van der Waals surface area contributed by atoms with Crippen LogP contribution in [0.1, 0.15) is 33.1 Å². The maximum Gasteiger partial charge on any atom is 0.308 e. The van der Waals surface area contributed by atoms with Crippen LogP contribution in [0.25, 0.3) is 0 Å². The second-order valence-electron chi connectivity index (χ2n) is 3.12. The predicted octanol–water partition coefficient (Wildman–Crippen LogP) is 0.461. The third-order valence-corrected chi connectivity index (χ3v) is 1.67. The Balaban J connectivity index is 3.41. The summed E-state index contributed by atoms with van der Waals surface area (Å²) in [6.07, 6.45) is -0.0431. The van der Waals surface area contributed by atoms with Gasteiger partial charge < -0.3 is 14.9 Å². The smallest absolute Gasteiger partial charge is 0.308 e. The third-order valence-electron chi connectivity index (χ3n) is 1.67. The van der Waals surface area contributed by atoms with Gasteiger partial charge in [0.15, 0.2) is 0 Å². The van der Waals surface area contributed by atoms with Gasteiger partial charge in [0.1, 0.15) is 0 Å². The van der Waals surface area contributed by atoms with E-state index < -0.39 is 18.2 Å². The zero-order chi connectivity index (χ0) is 10.3. The molecular formula is C9H18O4. The Labute approximate surface area is 78.5 Å². The van der Waals surface area contributed by atoms with Crippen molar-refractivity contribution >= 4 is 5.97 Å². The summed E-state index contributed by atoms with van der Waals surface area (Å²) in [4.78, 5) is 10.9. The highest BCUT2D eigenvalue weighted by molar-refractivity contribution is 5.69. The van der Waals surface area contributed by atoms with Crippen molar-refractivity contribution in [3.05, 3.63) is 0 Å². The minimum Gasteiger partial charge on any atom is -0.466 e. The highest BCUT2D eigenvalue weighted by atomic mass is 16.5. The minimum absolute atomic E-state index is 0.0380. The molecule has 0 aliphatic heterocycles. The van der Waals surface area contributed by atoms with E-state index >= 15 is 0 Å². The molecule has 0 heterocycles. The molecule has 13 heavy (non-hydrogen) atoms. The molecule has 2 atom stereocenters. The van der Waals surface area contributed by atoms with Crippen molar-refractivity contribution < 1.29 is 19.7 Å². The molecule has 0 aromatic heterocycles. The predicted molar refractivity (Wildman–Crippen MR) is 48.2 cm³/mol. The zero-order valence-electron chi connectivity index (χ0n) is 8.19. The Morgan fingerprint density at radius 1 is 1.46 bits per heavy atom. The molecule has 78 valence electrons. The van der Waals surface area contributed by atoms with Crippen LogP contribution in [0.5, 0.6) is 0 Å². The van der Waals surface area contributed by atoms with Crippen LogP contribution in [0.15, 0.2) is 0 Å². The molecule has 0 bridgehead atoms. The summed E-state index contributed by atoms with van der Waals surface area (Å²) in [5.74, 6) is -0.407. The Morgan fingerprint density at radius 3 is 2.54 bits per heavy atom. The average Bonchev–Trinajstić information content (AvgIpc) is 2.03. The molecule has 2 N–H and O–H groups in total. The summed E-state index contributed by atoms with van der Waals surface area (Å²) in [5.41, 5.74) is 0. The number of rotatable bonds is 6. The first-order valence-electron chi connectivity index (χ1n) is 4.58. The van der Waals surface area contributed by atoms with E-state index in [9.17, 15) is 4.79 Å². The van der Waals surface area contributed by atoms with Crippen LogP contribution < -0.4 is 0 Å². The van der Waals surface area contributed by atoms with Gasteiger partial charge in [0.25, 0.3) is 0 Å². The van der Waals surface area contributed by atoms with Crippen LogP contribution in [0, 0.1) is 0 Å². The summed E-state index contributed by atoms with van der Waals surface area (Å²) in [7, 11) is 0. The highest BCUT2D eigenvalue weighted by Gasteiger charge is 2.09. The van der Waals surface area contributed by atoms with E-state index in [1.54, 1.807) is 13.8 Å². The van der Waals surface area contributed by atoms with Gasteiger partial charge in [-0.2, -0.15) is 0 Å². The van der Waals surface area contributed by atoms with Gasteiger partial charge in [0.05, 0.1) is 25.2 Å². The fraction of sp³-hybridized carbons (Fsp3) is 0.889. The van der Waals surface area contributed by atoms with E-state index in [1.807, 2.05) is 0 Å². The van der Waals surface area contributed by atoms with Crippen LogP contribution in [0.3, 0.4) is 0 Å². The molecular weight excluding hydrogens is 172 g/mol. The molecule has 0 aromatic carbocycles. The molecule has 2 unspecified atom stereocenters. The normalized spacial score (nSPS) is 15.1. The van der Waals surface area contributed by atoms with Gasteiger partial charge in [-0.15, -0.1) is 0 Å². The zero-order valence-corrected chi connectivity index (χ0v) is 8.19. The highest BCUT2D eigenvalue weighted by Crippen LogP contribution is 1.99. The molecule has 0 rings (SSSR count). The van der Waals surface area contributed by atoms with E-state index in [0.29, 0.717) is 12.8 Å². The maximum atomic E-state index is 10.9. The van der Waals surface area contributed by atoms with Crippen molar-refractivity contribution in [1.82, 2.24) is 0 Å². The number of ether oxygens (including phenoxy) is 1. The SMILES string of the molecule is CCC(O)CC(=O)OCCC(C)O. The van der Waals surface area contributed by atoms with Crippen molar-refractivity contribution in [2.45, 2.75) is 45.3 Å². The Hall–Kier alpha value is -0.610. The van der Waals surface area contributed by atoms with Gasteiger partial charge in [-0.05, 0) is 13.3 Å². The number of hydrogen-bond acceptors (Lipinski definition) is 4. The number of aliphatic hydroxyl groups excluding tert-OH is 2. The molecule has 0 amide bonds. The van der Waals surface area contributed by atoms with Crippen LogP contribution in [0.4, 0.5) is 0 Å². The first kappa shape index (κ1) is 12.4. The molecule has 0 spiro atoms. The summed E-state index contributed by atoms with van der Waals surface area (Å²) in [6.45, 7) is 3.65. The van der Waals surface area contributed by atoms with E-state index in [-0.39, 0.29) is 13.0 Å². The quantitative estimate of drug-likeness (QED) is 0.597. The van der Waals surface area contributed by atoms with E-state index in [4.69, 9.17) is 14.9 Å². The average molecular weight is 190 g/mol. The van der Waals surface area contributed by atoms with Crippen LogP contribution in [-0.2, 0) is 9.53 Å². The number of hydrogen-bond donors (Lipinski definition) is 2. The van der Waals surface area contributed by atoms with Gasteiger partial charge in [-0.1, -0.05) is 6.92 Å². The lowest BCUT2D eigenvalue weighted by Crippen LogP contribution is -2.16. The van der Waals surface area contributed by atoms with Gasteiger partial charge in [-0.3, -0.25) is 4.79 Å². The molecule has 4 heteroatoms. The van der Waals surface area contributed by atoms with Crippen LogP contribution in [-0.4, -0.2) is 35.0 Å². The summed E-state index contributed by atoms with van der Waals surface area (Å²) >= 11 is 0. The first-order valence-corrected chi connectivity index (χ1v) is 4.58. The first-order chi connectivity index (χ1) is 6.06. The maximum absolute atomic E-state index is 10.9.